The molecule has 0 spiro atoms. The largest absolute Gasteiger partial charge is 0.545 e. The molecule has 0 aromatic heterocycles. The van der Waals surface area contributed by atoms with Gasteiger partial charge < -0.3 is 14.8 Å². The van der Waals surface area contributed by atoms with E-state index in [0.29, 0.717) is 5.69 Å². The molecule has 5 nitrogen and oxygen atoms in total. The Morgan fingerprint density at radius 3 is 2.25 bits per heavy atom. The maximum absolute atomic E-state index is 10.9. The molecule has 0 unspecified atom stereocenters. The molecular formula is C15H14N3O2-. The zero-order valence-electron chi connectivity index (χ0n) is 11.3. The van der Waals surface area contributed by atoms with Crippen molar-refractivity contribution in [2.45, 2.75) is 0 Å². The smallest absolute Gasteiger partial charge is 0.0947 e. The highest BCUT2D eigenvalue weighted by Gasteiger charge is 2.01. The molecule has 0 heterocycles. The van der Waals surface area contributed by atoms with Gasteiger partial charge in [-0.1, -0.05) is 18.2 Å². The highest BCUT2D eigenvalue weighted by molar-refractivity contribution is 5.91. The second-order valence-electron chi connectivity index (χ2n) is 4.42. The number of carboxylic acids is 1. The average molecular weight is 268 g/mol. The summed E-state index contributed by atoms with van der Waals surface area (Å²) < 4.78 is 0. The van der Waals surface area contributed by atoms with Crippen LogP contribution in [-0.2, 0) is 0 Å². The number of nitrogens with zero attached hydrogens (tertiary/aromatic N) is 3. The Morgan fingerprint density at radius 2 is 1.65 bits per heavy atom. The van der Waals surface area contributed by atoms with E-state index in [9.17, 15) is 9.90 Å². The maximum Gasteiger partial charge on any atom is 0.0947 e. The second-order valence-corrected chi connectivity index (χ2v) is 4.42. The lowest BCUT2D eigenvalue weighted by Gasteiger charge is -2.11. The van der Waals surface area contributed by atoms with Gasteiger partial charge >= 0.3 is 0 Å². The van der Waals surface area contributed by atoms with Crippen LogP contribution in [0.25, 0.3) is 0 Å². The van der Waals surface area contributed by atoms with E-state index in [0.717, 1.165) is 5.69 Å². The monoisotopic (exact) mass is 268 g/mol. The molecule has 0 aliphatic rings. The molecule has 102 valence electrons. The Balaban J connectivity index is 2.23. The van der Waals surface area contributed by atoms with Crippen LogP contribution in [0.4, 0.5) is 17.1 Å². The molecule has 0 radical (unpaired) electrons. The number of benzene rings is 2. The van der Waals surface area contributed by atoms with Crippen LogP contribution in [0.2, 0.25) is 0 Å². The average Bonchev–Trinajstić information content (AvgIpc) is 2.45. The summed E-state index contributed by atoms with van der Waals surface area (Å²) in [4.78, 5) is 12.9. The SMILES string of the molecule is CN(C)c1ccc(N=Nc2ccccc2C(=O)[O-])cc1. The third-order valence-electron chi connectivity index (χ3n) is 2.76. The quantitative estimate of drug-likeness (QED) is 0.800. The van der Waals surface area contributed by atoms with Crippen LogP contribution >= 0.6 is 0 Å². The first-order valence-electron chi connectivity index (χ1n) is 6.07. The van der Waals surface area contributed by atoms with Crippen LogP contribution in [0.5, 0.6) is 0 Å². The molecule has 2 rings (SSSR count). The first kappa shape index (κ1) is 13.7. The van der Waals surface area contributed by atoms with Crippen LogP contribution in [-0.4, -0.2) is 20.1 Å². The van der Waals surface area contributed by atoms with E-state index in [2.05, 4.69) is 10.2 Å². The van der Waals surface area contributed by atoms with Gasteiger partial charge in [-0.05, 0) is 30.3 Å². The van der Waals surface area contributed by atoms with Crippen molar-refractivity contribution in [2.75, 3.05) is 19.0 Å². The summed E-state index contributed by atoms with van der Waals surface area (Å²) in [7, 11) is 3.90. The highest BCUT2D eigenvalue weighted by atomic mass is 16.4. The fourth-order valence-corrected chi connectivity index (χ4v) is 1.66. The minimum Gasteiger partial charge on any atom is -0.545 e. The number of carbonyl (C=O) groups excluding carboxylic acids is 1. The van der Waals surface area contributed by atoms with Gasteiger partial charge in [0.2, 0.25) is 0 Å². The van der Waals surface area contributed by atoms with Crippen molar-refractivity contribution < 1.29 is 9.90 Å². The predicted molar refractivity (Wildman–Crippen MR) is 75.7 cm³/mol. The molecule has 2 aromatic carbocycles. The van der Waals surface area contributed by atoms with Gasteiger partial charge in [-0.2, -0.15) is 5.11 Å². The summed E-state index contributed by atoms with van der Waals surface area (Å²) in [5.74, 6) is -1.26. The van der Waals surface area contributed by atoms with Crippen LogP contribution in [0.15, 0.2) is 58.8 Å². The molecule has 0 atom stereocenters. The first-order valence-corrected chi connectivity index (χ1v) is 6.07. The van der Waals surface area contributed by atoms with Crippen molar-refractivity contribution >= 4 is 23.0 Å². The molecule has 2 aromatic rings. The molecule has 0 aliphatic heterocycles. The van der Waals surface area contributed by atoms with Gasteiger partial charge in [0, 0.05) is 25.3 Å². The molecule has 0 bridgehead atoms. The summed E-state index contributed by atoms with van der Waals surface area (Å²) in [5, 5.41) is 18.9. The van der Waals surface area contributed by atoms with Gasteiger partial charge in [-0.3, -0.25) is 0 Å². The second kappa shape index (κ2) is 5.97. The van der Waals surface area contributed by atoms with Gasteiger partial charge in [0.1, 0.15) is 0 Å². The first-order chi connectivity index (χ1) is 9.58. The predicted octanol–water partition coefficient (Wildman–Crippen LogP) is 2.53. The molecule has 0 amide bonds. The lowest BCUT2D eigenvalue weighted by Crippen LogP contribution is -2.22. The van der Waals surface area contributed by atoms with E-state index in [1.807, 2.05) is 43.3 Å². The van der Waals surface area contributed by atoms with Crippen molar-refractivity contribution in [3.8, 4) is 0 Å². The minimum atomic E-state index is -1.26. The number of azo groups is 1. The van der Waals surface area contributed by atoms with E-state index >= 15 is 0 Å². The van der Waals surface area contributed by atoms with Gasteiger partial charge in [-0.15, -0.1) is 5.11 Å². The fraction of sp³-hybridized carbons (Fsp3) is 0.133. The number of carboxylic acid groups (broad SMARTS) is 1. The number of carbonyl (C=O) groups is 1. The lowest BCUT2D eigenvalue weighted by molar-refractivity contribution is -0.254. The zero-order valence-corrected chi connectivity index (χ0v) is 11.3. The minimum absolute atomic E-state index is 0.0289. The van der Waals surface area contributed by atoms with Crippen molar-refractivity contribution in [3.63, 3.8) is 0 Å². The van der Waals surface area contributed by atoms with Crippen molar-refractivity contribution in [2.24, 2.45) is 10.2 Å². The van der Waals surface area contributed by atoms with Gasteiger partial charge in [-0.25, -0.2) is 0 Å². The third kappa shape index (κ3) is 3.20. The Morgan fingerprint density at radius 1 is 1.00 bits per heavy atom. The summed E-state index contributed by atoms with van der Waals surface area (Å²) in [6.07, 6.45) is 0. The number of hydrogen-bond acceptors (Lipinski definition) is 5. The molecule has 0 saturated carbocycles. The number of hydrogen-bond donors (Lipinski definition) is 0. The van der Waals surface area contributed by atoms with E-state index < -0.39 is 5.97 Å². The summed E-state index contributed by atoms with van der Waals surface area (Å²) >= 11 is 0. The van der Waals surface area contributed by atoms with Gasteiger partial charge in [0.15, 0.2) is 0 Å². The molecule has 20 heavy (non-hydrogen) atoms. The topological polar surface area (TPSA) is 68.1 Å². The summed E-state index contributed by atoms with van der Waals surface area (Å²) in [5.41, 5.74) is 2.02. The van der Waals surface area contributed by atoms with Crippen LogP contribution in [0, 0.1) is 0 Å². The Bertz CT molecular complexity index is 634. The van der Waals surface area contributed by atoms with Crippen LogP contribution < -0.4 is 10.0 Å². The van der Waals surface area contributed by atoms with Gasteiger partial charge in [0.05, 0.1) is 17.3 Å². The fourth-order valence-electron chi connectivity index (χ4n) is 1.66. The number of aromatic carboxylic acids is 1. The normalized spacial score (nSPS) is 10.7. The van der Waals surface area contributed by atoms with E-state index in [1.54, 1.807) is 18.2 Å². The van der Waals surface area contributed by atoms with Crippen molar-refractivity contribution in [1.82, 2.24) is 0 Å². The third-order valence-corrected chi connectivity index (χ3v) is 2.76. The summed E-state index contributed by atoms with van der Waals surface area (Å²) in [6.45, 7) is 0. The Labute approximate surface area is 117 Å². The number of anilines is 1. The molecule has 5 heteroatoms. The molecule has 0 fully saturated rings. The standard InChI is InChI=1S/C15H15N3O2/c1-18(2)12-9-7-11(8-10-12)16-17-14-6-4-3-5-13(14)15(19)20/h3-10H,1-2H3,(H,19,20)/p-1. The summed E-state index contributed by atoms with van der Waals surface area (Å²) in [6, 6.07) is 13.8. The van der Waals surface area contributed by atoms with Gasteiger partial charge in [0.25, 0.3) is 0 Å². The van der Waals surface area contributed by atoms with Crippen molar-refractivity contribution in [1.29, 1.82) is 0 Å². The Hall–Kier alpha value is -2.69. The van der Waals surface area contributed by atoms with Crippen LogP contribution in [0.3, 0.4) is 0 Å². The molecule has 0 N–H and O–H groups in total. The Kier molecular flexibility index (Phi) is 4.10. The van der Waals surface area contributed by atoms with Crippen LogP contribution in [0.1, 0.15) is 10.4 Å². The molecular weight excluding hydrogens is 254 g/mol. The number of rotatable bonds is 4. The van der Waals surface area contributed by atoms with E-state index in [-0.39, 0.29) is 11.3 Å². The van der Waals surface area contributed by atoms with E-state index in [1.165, 1.54) is 6.07 Å². The zero-order chi connectivity index (χ0) is 14.5. The molecule has 0 saturated heterocycles. The maximum atomic E-state index is 10.9. The lowest BCUT2D eigenvalue weighted by atomic mass is 10.2. The highest BCUT2D eigenvalue weighted by Crippen LogP contribution is 2.23. The van der Waals surface area contributed by atoms with E-state index in [4.69, 9.17) is 0 Å². The van der Waals surface area contributed by atoms with Crippen molar-refractivity contribution in [3.05, 3.63) is 54.1 Å². The molecule has 0 aliphatic carbocycles.